The number of hydrogen-bond acceptors (Lipinski definition) is 3. The fourth-order valence-electron chi connectivity index (χ4n) is 2.96. The van der Waals surface area contributed by atoms with Crippen LogP contribution >= 0.6 is 0 Å². The largest absolute Gasteiger partial charge is 0.464 e. The Bertz CT molecular complexity index is 432. The van der Waals surface area contributed by atoms with Crippen molar-refractivity contribution >= 4 is 11.7 Å². The molecule has 4 heteroatoms. The number of halogens is 1. The molecule has 1 aromatic carbocycles. The summed E-state index contributed by atoms with van der Waals surface area (Å²) in [6, 6.07) is 10.1. The standard InChI is InChI=1S/C17H24FNO2/c1-2-21-17(20)16(18)13-19(14-9-5-3-6-10-14)15-11-7-4-8-12-15/h3,5-6,9-10,15-16H,2,4,7-8,11-13H2,1H3. The molecule has 0 radical (unpaired) electrons. The molecule has 0 aromatic heterocycles. The molecule has 1 aliphatic carbocycles. The minimum absolute atomic E-state index is 0.0769. The second kappa shape index (κ2) is 8.01. The van der Waals surface area contributed by atoms with Crippen LogP contribution in [0, 0.1) is 0 Å². The molecule has 0 saturated heterocycles. The molecule has 1 aliphatic rings. The maximum Gasteiger partial charge on any atom is 0.342 e. The highest BCUT2D eigenvalue weighted by Gasteiger charge is 2.28. The Morgan fingerprint density at radius 3 is 2.57 bits per heavy atom. The summed E-state index contributed by atoms with van der Waals surface area (Å²) in [4.78, 5) is 13.6. The van der Waals surface area contributed by atoms with Crippen molar-refractivity contribution in [2.24, 2.45) is 0 Å². The zero-order valence-electron chi connectivity index (χ0n) is 12.6. The zero-order chi connectivity index (χ0) is 15.1. The quantitative estimate of drug-likeness (QED) is 0.749. The van der Waals surface area contributed by atoms with Crippen LogP contribution in [0.15, 0.2) is 30.3 Å². The van der Waals surface area contributed by atoms with Crippen molar-refractivity contribution < 1.29 is 13.9 Å². The molecule has 0 N–H and O–H groups in total. The second-order valence-corrected chi connectivity index (χ2v) is 5.50. The van der Waals surface area contributed by atoms with Crippen LogP contribution in [0.3, 0.4) is 0 Å². The number of carbonyl (C=O) groups excluding carboxylic acids is 1. The van der Waals surface area contributed by atoms with E-state index in [0.717, 1.165) is 18.5 Å². The first-order valence-corrected chi connectivity index (χ1v) is 7.84. The maximum atomic E-state index is 14.2. The van der Waals surface area contributed by atoms with E-state index in [1.807, 2.05) is 35.2 Å². The molecule has 1 atom stereocenters. The zero-order valence-corrected chi connectivity index (χ0v) is 12.6. The summed E-state index contributed by atoms with van der Waals surface area (Å²) >= 11 is 0. The average Bonchev–Trinajstić information content (AvgIpc) is 2.54. The van der Waals surface area contributed by atoms with Gasteiger partial charge in [-0.15, -0.1) is 0 Å². The molecule has 0 bridgehead atoms. The average molecular weight is 293 g/mol. The van der Waals surface area contributed by atoms with E-state index in [-0.39, 0.29) is 13.2 Å². The van der Waals surface area contributed by atoms with E-state index in [0.29, 0.717) is 6.04 Å². The van der Waals surface area contributed by atoms with Gasteiger partial charge in [0.05, 0.1) is 13.2 Å². The van der Waals surface area contributed by atoms with Crippen LogP contribution in [0.5, 0.6) is 0 Å². The van der Waals surface area contributed by atoms with Gasteiger partial charge in [0.2, 0.25) is 6.17 Å². The number of benzene rings is 1. The van der Waals surface area contributed by atoms with Gasteiger partial charge in [0.25, 0.3) is 0 Å². The Kier molecular flexibility index (Phi) is 6.03. The van der Waals surface area contributed by atoms with Crippen LogP contribution in [0.1, 0.15) is 39.0 Å². The van der Waals surface area contributed by atoms with E-state index in [2.05, 4.69) is 0 Å². The number of hydrogen-bond donors (Lipinski definition) is 0. The highest BCUT2D eigenvalue weighted by atomic mass is 19.1. The number of carbonyl (C=O) groups is 1. The van der Waals surface area contributed by atoms with Crippen LogP contribution < -0.4 is 4.90 Å². The van der Waals surface area contributed by atoms with Crippen molar-refractivity contribution in [1.82, 2.24) is 0 Å². The molecular formula is C17H24FNO2. The van der Waals surface area contributed by atoms with Crippen molar-refractivity contribution in [3.8, 4) is 0 Å². The molecule has 3 nitrogen and oxygen atoms in total. The molecule has 2 rings (SSSR count). The Labute approximate surface area is 126 Å². The van der Waals surface area contributed by atoms with Crippen molar-refractivity contribution in [2.45, 2.75) is 51.2 Å². The monoisotopic (exact) mass is 293 g/mol. The summed E-state index contributed by atoms with van der Waals surface area (Å²) < 4.78 is 18.9. The molecule has 1 saturated carbocycles. The fourth-order valence-corrected chi connectivity index (χ4v) is 2.96. The van der Waals surface area contributed by atoms with Crippen LogP contribution in [0.4, 0.5) is 10.1 Å². The summed E-state index contributed by atoms with van der Waals surface area (Å²) in [6.45, 7) is 1.99. The number of para-hydroxylation sites is 1. The van der Waals surface area contributed by atoms with E-state index in [1.54, 1.807) is 6.92 Å². The lowest BCUT2D eigenvalue weighted by Gasteiger charge is -2.36. The van der Waals surface area contributed by atoms with E-state index in [9.17, 15) is 9.18 Å². The number of nitrogens with zero attached hydrogens (tertiary/aromatic N) is 1. The molecule has 1 unspecified atom stereocenters. The van der Waals surface area contributed by atoms with Crippen LogP contribution in [-0.4, -0.2) is 31.3 Å². The van der Waals surface area contributed by atoms with Crippen molar-refractivity contribution in [2.75, 3.05) is 18.1 Å². The van der Waals surface area contributed by atoms with Gasteiger partial charge in [-0.2, -0.15) is 0 Å². The number of alkyl halides is 1. The van der Waals surface area contributed by atoms with Gasteiger partial charge >= 0.3 is 5.97 Å². The fraction of sp³-hybridized carbons (Fsp3) is 0.588. The summed E-state index contributed by atoms with van der Waals surface area (Å²) in [5.41, 5.74) is 0.983. The predicted molar refractivity (Wildman–Crippen MR) is 82.2 cm³/mol. The normalized spacial score (nSPS) is 17.2. The second-order valence-electron chi connectivity index (χ2n) is 5.50. The first kappa shape index (κ1) is 15.8. The van der Waals surface area contributed by atoms with Gasteiger partial charge in [0, 0.05) is 11.7 Å². The number of esters is 1. The summed E-state index contributed by atoms with van der Waals surface area (Å²) in [5.74, 6) is -0.755. The van der Waals surface area contributed by atoms with Crippen molar-refractivity contribution in [3.05, 3.63) is 30.3 Å². The number of rotatable bonds is 6. The lowest BCUT2D eigenvalue weighted by atomic mass is 9.93. The third kappa shape index (κ3) is 4.45. The summed E-state index contributed by atoms with van der Waals surface area (Å²) in [5, 5.41) is 0. The van der Waals surface area contributed by atoms with Crippen molar-refractivity contribution in [1.29, 1.82) is 0 Å². The predicted octanol–water partition coefficient (Wildman–Crippen LogP) is 3.73. The highest BCUT2D eigenvalue weighted by Crippen LogP contribution is 2.27. The van der Waals surface area contributed by atoms with E-state index >= 15 is 0 Å². The van der Waals surface area contributed by atoms with Crippen LogP contribution in [-0.2, 0) is 9.53 Å². The minimum Gasteiger partial charge on any atom is -0.464 e. The molecule has 0 aliphatic heterocycles. The van der Waals surface area contributed by atoms with Crippen LogP contribution in [0.25, 0.3) is 0 Å². The van der Waals surface area contributed by atoms with Gasteiger partial charge in [0.15, 0.2) is 0 Å². The van der Waals surface area contributed by atoms with Crippen molar-refractivity contribution in [3.63, 3.8) is 0 Å². The molecule has 1 aromatic rings. The number of anilines is 1. The summed E-state index contributed by atoms with van der Waals surface area (Å²) in [6.07, 6.45) is 4.12. The first-order valence-electron chi connectivity index (χ1n) is 7.84. The molecular weight excluding hydrogens is 269 g/mol. The van der Waals surface area contributed by atoms with Gasteiger partial charge in [-0.25, -0.2) is 9.18 Å². The lowest BCUT2D eigenvalue weighted by molar-refractivity contribution is -0.148. The van der Waals surface area contributed by atoms with Crippen LogP contribution in [0.2, 0.25) is 0 Å². The Balaban J connectivity index is 2.10. The third-order valence-corrected chi connectivity index (χ3v) is 4.00. The lowest BCUT2D eigenvalue weighted by Crippen LogP contribution is -2.43. The maximum absolute atomic E-state index is 14.2. The third-order valence-electron chi connectivity index (χ3n) is 4.00. The number of ether oxygens (including phenoxy) is 1. The van der Waals surface area contributed by atoms with Gasteiger partial charge in [-0.1, -0.05) is 37.5 Å². The molecule has 0 amide bonds. The molecule has 116 valence electrons. The van der Waals surface area contributed by atoms with Gasteiger partial charge in [-0.3, -0.25) is 0 Å². The molecule has 1 fully saturated rings. The van der Waals surface area contributed by atoms with Gasteiger partial charge < -0.3 is 9.64 Å². The summed E-state index contributed by atoms with van der Waals surface area (Å²) in [7, 11) is 0. The topological polar surface area (TPSA) is 29.5 Å². The Morgan fingerprint density at radius 1 is 1.29 bits per heavy atom. The SMILES string of the molecule is CCOC(=O)C(F)CN(c1ccccc1)C1CCCCC1. The highest BCUT2D eigenvalue weighted by molar-refractivity contribution is 5.75. The first-order chi connectivity index (χ1) is 10.2. The van der Waals surface area contributed by atoms with E-state index in [4.69, 9.17) is 4.74 Å². The molecule has 0 spiro atoms. The molecule has 21 heavy (non-hydrogen) atoms. The van der Waals surface area contributed by atoms with Gasteiger partial charge in [0.1, 0.15) is 0 Å². The minimum atomic E-state index is -1.59. The Morgan fingerprint density at radius 2 is 1.95 bits per heavy atom. The Hall–Kier alpha value is -1.58. The smallest absolute Gasteiger partial charge is 0.342 e. The molecule has 0 heterocycles. The van der Waals surface area contributed by atoms with E-state index < -0.39 is 12.1 Å². The van der Waals surface area contributed by atoms with E-state index in [1.165, 1.54) is 19.3 Å². The van der Waals surface area contributed by atoms with Gasteiger partial charge in [-0.05, 0) is 31.9 Å².